The molecule has 1 N–H and O–H groups in total. The number of hydrogen-bond donors (Lipinski definition) is 1. The van der Waals surface area contributed by atoms with Gasteiger partial charge in [-0.25, -0.2) is 0 Å². The minimum absolute atomic E-state index is 0.155. The average Bonchev–Trinajstić information content (AvgIpc) is 2.27. The maximum Gasteiger partial charge on any atom is 0.232 e. The number of carbonyl (C=O) groups is 1. The van der Waals surface area contributed by atoms with Crippen LogP contribution in [-0.4, -0.2) is 41.4 Å². The van der Waals surface area contributed by atoms with Crippen LogP contribution >= 0.6 is 27.7 Å². The Morgan fingerprint density at radius 1 is 1.41 bits per heavy atom. The number of carbonyl (C=O) groups excluding carboxylic acids is 1. The smallest absolute Gasteiger partial charge is 0.232 e. The van der Waals surface area contributed by atoms with Gasteiger partial charge in [-0.1, -0.05) is 15.9 Å². The summed E-state index contributed by atoms with van der Waals surface area (Å²) in [5, 5.41) is 8.87. The minimum Gasteiger partial charge on any atom is -0.396 e. The lowest BCUT2D eigenvalue weighted by molar-refractivity contribution is -0.135. The Morgan fingerprint density at radius 2 is 2.06 bits per heavy atom. The molecule has 1 fully saturated rings. The fourth-order valence-electron chi connectivity index (χ4n) is 1.66. The lowest BCUT2D eigenvalue weighted by Gasteiger charge is -2.38. The van der Waals surface area contributed by atoms with Gasteiger partial charge >= 0.3 is 0 Å². The molecule has 0 spiro atoms. The van der Waals surface area contributed by atoms with Gasteiger partial charge in [-0.05, 0) is 24.3 Å². The van der Waals surface area contributed by atoms with Gasteiger partial charge < -0.3 is 10.0 Å². The highest BCUT2D eigenvalue weighted by atomic mass is 79.9. The first-order chi connectivity index (χ1) is 8.19. The van der Waals surface area contributed by atoms with Crippen LogP contribution in [0.15, 0.2) is 33.6 Å². The lowest BCUT2D eigenvalue weighted by Crippen LogP contribution is -2.51. The molecule has 1 amide bonds. The van der Waals surface area contributed by atoms with E-state index in [0.29, 0.717) is 18.8 Å². The van der Waals surface area contributed by atoms with Gasteiger partial charge in [0.1, 0.15) is 0 Å². The Labute approximate surface area is 113 Å². The van der Waals surface area contributed by atoms with Crippen molar-refractivity contribution in [3.8, 4) is 0 Å². The van der Waals surface area contributed by atoms with Crippen LogP contribution in [0, 0.1) is 5.92 Å². The highest BCUT2D eigenvalue weighted by Crippen LogP contribution is 2.22. The summed E-state index contributed by atoms with van der Waals surface area (Å²) >= 11 is 4.92. The molecule has 1 aromatic rings. The van der Waals surface area contributed by atoms with Crippen LogP contribution in [-0.2, 0) is 4.79 Å². The third-order valence-electron chi connectivity index (χ3n) is 2.74. The predicted octanol–water partition coefficient (Wildman–Crippen LogP) is 1.99. The van der Waals surface area contributed by atoms with Gasteiger partial charge in [-0.2, -0.15) is 0 Å². The van der Waals surface area contributed by atoms with Crippen molar-refractivity contribution in [3.63, 3.8) is 0 Å². The van der Waals surface area contributed by atoms with E-state index in [4.69, 9.17) is 5.11 Å². The molecule has 17 heavy (non-hydrogen) atoms. The van der Waals surface area contributed by atoms with E-state index in [0.717, 1.165) is 9.37 Å². The van der Waals surface area contributed by atoms with Crippen LogP contribution in [0.3, 0.4) is 0 Å². The molecule has 92 valence electrons. The van der Waals surface area contributed by atoms with Gasteiger partial charge in [-0.3, -0.25) is 4.79 Å². The van der Waals surface area contributed by atoms with Gasteiger partial charge in [0.2, 0.25) is 5.91 Å². The number of halogens is 1. The third-order valence-corrected chi connectivity index (χ3v) is 4.27. The van der Waals surface area contributed by atoms with Gasteiger partial charge in [0, 0.05) is 35.0 Å². The van der Waals surface area contributed by atoms with Crippen molar-refractivity contribution in [1.29, 1.82) is 0 Å². The topological polar surface area (TPSA) is 40.5 Å². The first-order valence-electron chi connectivity index (χ1n) is 5.46. The van der Waals surface area contributed by atoms with Crippen molar-refractivity contribution in [2.75, 3.05) is 25.4 Å². The van der Waals surface area contributed by atoms with Crippen molar-refractivity contribution < 1.29 is 9.90 Å². The van der Waals surface area contributed by atoms with Crippen molar-refractivity contribution in [2.24, 2.45) is 5.92 Å². The first-order valence-corrected chi connectivity index (χ1v) is 7.24. The summed E-state index contributed by atoms with van der Waals surface area (Å²) in [5.41, 5.74) is 0. The van der Waals surface area contributed by atoms with E-state index in [-0.39, 0.29) is 18.4 Å². The number of hydrogen-bond acceptors (Lipinski definition) is 3. The molecule has 2 rings (SSSR count). The molecule has 3 nitrogen and oxygen atoms in total. The zero-order valence-electron chi connectivity index (χ0n) is 9.30. The van der Waals surface area contributed by atoms with Crippen LogP contribution in [0.2, 0.25) is 0 Å². The van der Waals surface area contributed by atoms with Crippen molar-refractivity contribution in [1.82, 2.24) is 4.90 Å². The van der Waals surface area contributed by atoms with E-state index < -0.39 is 0 Å². The molecular weight excluding hydrogens is 302 g/mol. The highest BCUT2D eigenvalue weighted by molar-refractivity contribution is 9.10. The zero-order chi connectivity index (χ0) is 12.3. The van der Waals surface area contributed by atoms with Crippen LogP contribution < -0.4 is 0 Å². The fourth-order valence-corrected chi connectivity index (χ4v) is 2.72. The largest absolute Gasteiger partial charge is 0.396 e. The van der Waals surface area contributed by atoms with Gasteiger partial charge in [-0.15, -0.1) is 11.8 Å². The number of thioether (sulfide) groups is 1. The second-order valence-corrected chi connectivity index (χ2v) is 6.05. The Kier molecular flexibility index (Phi) is 4.48. The number of nitrogens with zero attached hydrogens (tertiary/aromatic N) is 1. The summed E-state index contributed by atoms with van der Waals surface area (Å²) in [6.07, 6.45) is 0. The molecule has 0 bridgehead atoms. The molecule has 0 unspecified atom stereocenters. The predicted molar refractivity (Wildman–Crippen MR) is 72.0 cm³/mol. The Bertz CT molecular complexity index is 390. The van der Waals surface area contributed by atoms with Crippen molar-refractivity contribution in [2.45, 2.75) is 4.90 Å². The second-order valence-electron chi connectivity index (χ2n) is 4.09. The summed E-state index contributed by atoms with van der Waals surface area (Å²) < 4.78 is 1.04. The minimum atomic E-state index is 0.155. The van der Waals surface area contributed by atoms with E-state index in [1.165, 1.54) is 0 Å². The number of aliphatic hydroxyl groups excluding tert-OH is 1. The van der Waals surface area contributed by atoms with Gasteiger partial charge in [0.25, 0.3) is 0 Å². The van der Waals surface area contributed by atoms with Crippen molar-refractivity contribution >= 4 is 33.6 Å². The average molecular weight is 316 g/mol. The summed E-state index contributed by atoms with van der Waals surface area (Å²) in [7, 11) is 0. The quantitative estimate of drug-likeness (QED) is 0.864. The SMILES string of the molecule is O=C(CSc1ccc(Br)cc1)N1CC(CO)C1. The molecule has 0 atom stereocenters. The van der Waals surface area contributed by atoms with Gasteiger partial charge in [0.05, 0.1) is 5.75 Å². The number of amides is 1. The zero-order valence-corrected chi connectivity index (χ0v) is 11.7. The maximum atomic E-state index is 11.7. The standard InChI is InChI=1S/C12H14BrNO2S/c13-10-1-3-11(4-2-10)17-8-12(16)14-5-9(6-14)7-15/h1-4,9,15H,5-8H2. The summed E-state index contributed by atoms with van der Waals surface area (Å²) in [4.78, 5) is 14.6. The van der Waals surface area contributed by atoms with Crippen LogP contribution in [0.25, 0.3) is 0 Å². The van der Waals surface area contributed by atoms with E-state index >= 15 is 0 Å². The Hall–Kier alpha value is -0.520. The summed E-state index contributed by atoms with van der Waals surface area (Å²) in [6, 6.07) is 7.93. The highest BCUT2D eigenvalue weighted by Gasteiger charge is 2.29. The number of rotatable bonds is 4. The van der Waals surface area contributed by atoms with E-state index in [2.05, 4.69) is 15.9 Å². The fraction of sp³-hybridized carbons (Fsp3) is 0.417. The molecule has 0 aliphatic carbocycles. The van der Waals surface area contributed by atoms with Gasteiger partial charge in [0.15, 0.2) is 0 Å². The Balaban J connectivity index is 1.75. The van der Waals surface area contributed by atoms with Crippen molar-refractivity contribution in [3.05, 3.63) is 28.7 Å². The summed E-state index contributed by atoms with van der Waals surface area (Å²) in [5.74, 6) is 0.916. The number of aliphatic hydroxyl groups is 1. The molecule has 1 aliphatic heterocycles. The van der Waals surface area contributed by atoms with Crippen LogP contribution in [0.5, 0.6) is 0 Å². The van der Waals surface area contributed by atoms with E-state index in [1.807, 2.05) is 24.3 Å². The molecule has 5 heteroatoms. The lowest BCUT2D eigenvalue weighted by atomic mass is 10.0. The molecule has 0 radical (unpaired) electrons. The normalized spacial score (nSPS) is 15.8. The molecule has 1 aliphatic rings. The first kappa shape index (κ1) is 12.9. The molecular formula is C12H14BrNO2S. The van der Waals surface area contributed by atoms with E-state index in [9.17, 15) is 4.79 Å². The Morgan fingerprint density at radius 3 is 2.65 bits per heavy atom. The molecule has 0 aromatic heterocycles. The summed E-state index contributed by atoms with van der Waals surface area (Å²) in [6.45, 7) is 1.59. The third kappa shape index (κ3) is 3.47. The second kappa shape index (κ2) is 5.89. The maximum absolute atomic E-state index is 11.7. The van der Waals surface area contributed by atoms with E-state index in [1.54, 1.807) is 16.7 Å². The number of benzene rings is 1. The van der Waals surface area contributed by atoms with Crippen LogP contribution in [0.4, 0.5) is 0 Å². The molecule has 1 saturated heterocycles. The molecule has 1 aromatic carbocycles. The molecule has 1 heterocycles. The molecule has 0 saturated carbocycles. The monoisotopic (exact) mass is 315 g/mol. The number of likely N-dealkylation sites (tertiary alicyclic amines) is 1. The van der Waals surface area contributed by atoms with Crippen LogP contribution in [0.1, 0.15) is 0 Å².